The van der Waals surface area contributed by atoms with E-state index in [1.54, 1.807) is 6.92 Å². The molecule has 1 N–H and O–H groups in total. The van der Waals surface area contributed by atoms with Crippen molar-refractivity contribution in [2.45, 2.75) is 39.4 Å². The predicted octanol–water partition coefficient (Wildman–Crippen LogP) is 3.05. The van der Waals surface area contributed by atoms with Gasteiger partial charge in [-0.1, -0.05) is 37.3 Å². The lowest BCUT2D eigenvalue weighted by Crippen LogP contribution is -2.43. The van der Waals surface area contributed by atoms with Gasteiger partial charge in [0.2, 0.25) is 5.91 Å². The Labute approximate surface area is 129 Å². The summed E-state index contributed by atoms with van der Waals surface area (Å²) < 4.78 is 14.3. The number of carbonyl (C=O) groups excluding carboxylic acids is 1. The third kappa shape index (κ3) is 2.49. The number of benzene rings is 1. The zero-order valence-corrected chi connectivity index (χ0v) is 13.1. The summed E-state index contributed by atoms with van der Waals surface area (Å²) in [5.41, 5.74) is -0.783. The number of aliphatic carboxylic acids is 1. The number of halogens is 1. The number of carboxylic acids is 1. The van der Waals surface area contributed by atoms with Crippen LogP contribution >= 0.6 is 0 Å². The van der Waals surface area contributed by atoms with E-state index in [9.17, 15) is 19.1 Å². The lowest BCUT2D eigenvalue weighted by Gasteiger charge is -2.26. The molecule has 1 amide bonds. The minimum atomic E-state index is -1.70. The van der Waals surface area contributed by atoms with Crippen LogP contribution in [0.25, 0.3) is 0 Å². The number of carboxylic acid groups (broad SMARTS) is 1. The van der Waals surface area contributed by atoms with Crippen molar-refractivity contribution in [2.75, 3.05) is 6.54 Å². The van der Waals surface area contributed by atoms with Gasteiger partial charge in [0.05, 0.1) is 6.04 Å². The minimum Gasteiger partial charge on any atom is -0.480 e. The van der Waals surface area contributed by atoms with E-state index in [-0.39, 0.29) is 19.0 Å². The van der Waals surface area contributed by atoms with Gasteiger partial charge in [-0.25, -0.2) is 4.39 Å². The van der Waals surface area contributed by atoms with E-state index in [1.807, 2.05) is 37.3 Å². The van der Waals surface area contributed by atoms with Crippen LogP contribution in [0, 0.1) is 11.3 Å². The van der Waals surface area contributed by atoms with E-state index >= 15 is 0 Å². The molecule has 0 saturated carbocycles. The fourth-order valence-corrected chi connectivity index (χ4v) is 3.19. The van der Waals surface area contributed by atoms with E-state index in [0.717, 1.165) is 5.56 Å². The molecule has 0 radical (unpaired) electrons. The van der Waals surface area contributed by atoms with E-state index in [2.05, 4.69) is 0 Å². The Morgan fingerprint density at radius 2 is 2.05 bits per heavy atom. The first-order chi connectivity index (χ1) is 10.3. The Morgan fingerprint density at radius 3 is 2.55 bits per heavy atom. The zero-order chi connectivity index (χ0) is 16.5. The lowest BCUT2D eigenvalue weighted by molar-refractivity contribution is -0.158. The molecule has 0 aromatic heterocycles. The number of amides is 1. The molecule has 1 aliphatic rings. The van der Waals surface area contributed by atoms with Crippen molar-refractivity contribution in [1.29, 1.82) is 0 Å². The molecular formula is C17H22FNO3. The van der Waals surface area contributed by atoms with Crippen LogP contribution in [0.1, 0.15) is 38.8 Å². The SMILES string of the molecule is CCC(F)[C@H]1CN([C@H](C)c2ccccc2)C(=O)[C@@]1(C)C(=O)O. The van der Waals surface area contributed by atoms with Gasteiger partial charge in [0.1, 0.15) is 6.17 Å². The van der Waals surface area contributed by atoms with Crippen LogP contribution in [0.15, 0.2) is 30.3 Å². The molecule has 1 fully saturated rings. The lowest BCUT2D eigenvalue weighted by atomic mass is 9.76. The first-order valence-corrected chi connectivity index (χ1v) is 7.57. The van der Waals surface area contributed by atoms with Crippen LogP contribution in [-0.2, 0) is 9.59 Å². The summed E-state index contributed by atoms with van der Waals surface area (Å²) in [6.07, 6.45) is -1.10. The molecule has 5 heteroatoms. The highest BCUT2D eigenvalue weighted by Gasteiger charge is 2.59. The summed E-state index contributed by atoms with van der Waals surface area (Å²) >= 11 is 0. The van der Waals surface area contributed by atoms with Gasteiger partial charge in [0, 0.05) is 12.5 Å². The third-order valence-electron chi connectivity index (χ3n) is 4.86. The summed E-state index contributed by atoms with van der Waals surface area (Å²) in [4.78, 5) is 25.8. The normalized spacial score (nSPS) is 27.7. The Bertz CT molecular complexity index is 562. The molecule has 4 atom stereocenters. The Morgan fingerprint density at radius 1 is 1.45 bits per heavy atom. The Balaban J connectivity index is 2.36. The molecule has 1 heterocycles. The summed E-state index contributed by atoms with van der Waals surface area (Å²) in [5, 5.41) is 9.51. The van der Waals surface area contributed by atoms with E-state index in [1.165, 1.54) is 11.8 Å². The first-order valence-electron chi connectivity index (χ1n) is 7.57. The molecule has 22 heavy (non-hydrogen) atoms. The van der Waals surface area contributed by atoms with E-state index < -0.39 is 29.4 Å². The van der Waals surface area contributed by atoms with Gasteiger partial charge in [0.15, 0.2) is 5.41 Å². The third-order valence-corrected chi connectivity index (χ3v) is 4.86. The van der Waals surface area contributed by atoms with Crippen molar-refractivity contribution >= 4 is 11.9 Å². The second-order valence-electron chi connectivity index (χ2n) is 6.08. The molecule has 0 spiro atoms. The molecule has 1 aliphatic heterocycles. The molecule has 1 aromatic carbocycles. The fraction of sp³-hybridized carbons (Fsp3) is 0.529. The van der Waals surface area contributed by atoms with Gasteiger partial charge in [-0.15, -0.1) is 0 Å². The smallest absolute Gasteiger partial charge is 0.319 e. The van der Waals surface area contributed by atoms with Crippen LogP contribution in [-0.4, -0.2) is 34.6 Å². The quantitative estimate of drug-likeness (QED) is 0.851. The van der Waals surface area contributed by atoms with Crippen LogP contribution in [0.4, 0.5) is 4.39 Å². The highest BCUT2D eigenvalue weighted by Crippen LogP contribution is 2.44. The van der Waals surface area contributed by atoms with Crippen molar-refractivity contribution in [1.82, 2.24) is 4.90 Å². The molecule has 0 bridgehead atoms. The topological polar surface area (TPSA) is 57.6 Å². The van der Waals surface area contributed by atoms with Crippen LogP contribution < -0.4 is 0 Å². The molecular weight excluding hydrogens is 285 g/mol. The van der Waals surface area contributed by atoms with E-state index in [4.69, 9.17) is 0 Å². The summed E-state index contributed by atoms with van der Waals surface area (Å²) in [6.45, 7) is 4.99. The summed E-state index contributed by atoms with van der Waals surface area (Å²) in [5.74, 6) is -2.58. The number of likely N-dealkylation sites (tertiary alicyclic amines) is 1. The molecule has 4 nitrogen and oxygen atoms in total. The number of hydrogen-bond donors (Lipinski definition) is 1. The molecule has 0 aliphatic carbocycles. The van der Waals surface area contributed by atoms with Crippen molar-refractivity contribution in [3.05, 3.63) is 35.9 Å². The van der Waals surface area contributed by atoms with Crippen LogP contribution in [0.2, 0.25) is 0 Å². The van der Waals surface area contributed by atoms with Crippen LogP contribution in [0.3, 0.4) is 0 Å². The highest BCUT2D eigenvalue weighted by atomic mass is 19.1. The van der Waals surface area contributed by atoms with E-state index in [0.29, 0.717) is 0 Å². The molecule has 2 rings (SSSR count). The standard InChI is InChI=1S/C17H22FNO3/c1-4-14(18)13-10-19(15(20)17(13,3)16(21)22)11(2)12-8-6-5-7-9-12/h5-9,11,13-14H,4,10H2,1-3H3,(H,21,22)/t11-,13-,14?,17+/m1/s1. The van der Waals surface area contributed by atoms with Gasteiger partial charge < -0.3 is 10.0 Å². The van der Waals surface area contributed by atoms with Gasteiger partial charge in [0.25, 0.3) is 0 Å². The van der Waals surface area contributed by atoms with Crippen LogP contribution in [0.5, 0.6) is 0 Å². The monoisotopic (exact) mass is 307 g/mol. The molecule has 1 aromatic rings. The number of carbonyl (C=O) groups is 2. The van der Waals surface area contributed by atoms with Gasteiger partial charge in [-0.2, -0.15) is 0 Å². The van der Waals surface area contributed by atoms with Crippen molar-refractivity contribution in [3.8, 4) is 0 Å². The predicted molar refractivity (Wildman–Crippen MR) is 81.0 cm³/mol. The molecule has 1 saturated heterocycles. The minimum absolute atomic E-state index is 0.132. The molecule has 1 unspecified atom stereocenters. The largest absolute Gasteiger partial charge is 0.480 e. The second kappa shape index (κ2) is 6.07. The van der Waals surface area contributed by atoms with Crippen molar-refractivity contribution in [3.63, 3.8) is 0 Å². The average molecular weight is 307 g/mol. The van der Waals surface area contributed by atoms with Crippen molar-refractivity contribution < 1.29 is 19.1 Å². The average Bonchev–Trinajstić information content (AvgIpc) is 2.80. The number of hydrogen-bond acceptors (Lipinski definition) is 2. The maximum absolute atomic E-state index is 14.3. The summed E-state index contributed by atoms with van der Waals surface area (Å²) in [6, 6.07) is 9.10. The number of alkyl halides is 1. The van der Waals surface area contributed by atoms with Gasteiger partial charge in [-0.3, -0.25) is 9.59 Å². The Kier molecular flexibility index (Phi) is 4.54. The number of rotatable bonds is 5. The zero-order valence-electron chi connectivity index (χ0n) is 13.1. The first kappa shape index (κ1) is 16.5. The Hall–Kier alpha value is -1.91. The summed E-state index contributed by atoms with van der Waals surface area (Å²) in [7, 11) is 0. The maximum Gasteiger partial charge on any atom is 0.319 e. The molecule has 120 valence electrons. The highest BCUT2D eigenvalue weighted by molar-refractivity contribution is 6.03. The maximum atomic E-state index is 14.3. The van der Waals surface area contributed by atoms with Crippen molar-refractivity contribution in [2.24, 2.45) is 11.3 Å². The fourth-order valence-electron chi connectivity index (χ4n) is 3.19. The van der Waals surface area contributed by atoms with Gasteiger partial charge in [-0.05, 0) is 25.8 Å². The second-order valence-corrected chi connectivity index (χ2v) is 6.08. The number of nitrogens with zero attached hydrogens (tertiary/aromatic N) is 1. The van der Waals surface area contributed by atoms with Gasteiger partial charge >= 0.3 is 5.97 Å².